The zero-order valence-electron chi connectivity index (χ0n) is 12.2. The van der Waals surface area contributed by atoms with Crippen LogP contribution in [0.25, 0.3) is 0 Å². The molecule has 0 saturated heterocycles. The van der Waals surface area contributed by atoms with Crippen LogP contribution < -0.4 is 10.5 Å². The Morgan fingerprint density at radius 2 is 2.24 bits per heavy atom. The standard InChI is InChI=1S/C14H18N4O2S/c1-9-5-4-6-11(7-9)20-10(2)13-16-17-14(18(13)3)21-8-12(15)19/h4-7,10H,8H2,1-3H3,(H2,15,19). The predicted molar refractivity (Wildman–Crippen MR) is 81.1 cm³/mol. The number of carbonyl (C=O) groups is 1. The van der Waals surface area contributed by atoms with Crippen LogP contribution in [0.15, 0.2) is 29.4 Å². The third-order valence-corrected chi connectivity index (χ3v) is 3.92. The number of hydrogen-bond acceptors (Lipinski definition) is 5. The number of carbonyl (C=O) groups excluding carboxylic acids is 1. The van der Waals surface area contributed by atoms with E-state index in [1.807, 2.05) is 49.7 Å². The Balaban J connectivity index is 2.09. The molecule has 1 unspecified atom stereocenters. The molecule has 6 nitrogen and oxygen atoms in total. The van der Waals surface area contributed by atoms with E-state index in [0.29, 0.717) is 11.0 Å². The number of nitrogens with zero attached hydrogens (tertiary/aromatic N) is 3. The van der Waals surface area contributed by atoms with Gasteiger partial charge in [-0.2, -0.15) is 0 Å². The second kappa shape index (κ2) is 6.62. The second-order valence-electron chi connectivity index (χ2n) is 4.73. The van der Waals surface area contributed by atoms with Gasteiger partial charge in [-0.15, -0.1) is 10.2 Å². The highest BCUT2D eigenvalue weighted by molar-refractivity contribution is 7.99. The second-order valence-corrected chi connectivity index (χ2v) is 5.67. The first-order valence-electron chi connectivity index (χ1n) is 6.51. The monoisotopic (exact) mass is 306 g/mol. The first kappa shape index (κ1) is 15.4. The fourth-order valence-electron chi connectivity index (χ4n) is 1.89. The third kappa shape index (κ3) is 3.98. The Bertz CT molecular complexity index is 642. The summed E-state index contributed by atoms with van der Waals surface area (Å²) in [6, 6.07) is 7.83. The largest absolute Gasteiger partial charge is 0.483 e. The number of nitrogens with two attached hydrogens (primary N) is 1. The summed E-state index contributed by atoms with van der Waals surface area (Å²) in [7, 11) is 1.84. The smallest absolute Gasteiger partial charge is 0.227 e. The minimum Gasteiger partial charge on any atom is -0.483 e. The molecule has 1 aromatic carbocycles. The maximum Gasteiger partial charge on any atom is 0.227 e. The Hall–Kier alpha value is -2.02. The predicted octanol–water partition coefficient (Wildman–Crippen LogP) is 1.84. The van der Waals surface area contributed by atoms with E-state index in [0.717, 1.165) is 11.3 Å². The number of primary amides is 1. The van der Waals surface area contributed by atoms with E-state index in [2.05, 4.69) is 10.2 Å². The van der Waals surface area contributed by atoms with Crippen LogP contribution in [-0.4, -0.2) is 26.4 Å². The number of thioether (sulfide) groups is 1. The van der Waals surface area contributed by atoms with Crippen molar-refractivity contribution in [1.82, 2.24) is 14.8 Å². The van der Waals surface area contributed by atoms with Gasteiger partial charge in [0.15, 0.2) is 17.1 Å². The van der Waals surface area contributed by atoms with E-state index in [4.69, 9.17) is 10.5 Å². The highest BCUT2D eigenvalue weighted by atomic mass is 32.2. The molecule has 21 heavy (non-hydrogen) atoms. The van der Waals surface area contributed by atoms with Gasteiger partial charge in [0.2, 0.25) is 5.91 Å². The zero-order chi connectivity index (χ0) is 15.4. The summed E-state index contributed by atoms with van der Waals surface area (Å²) in [4.78, 5) is 10.8. The molecule has 0 saturated carbocycles. The van der Waals surface area contributed by atoms with E-state index in [1.165, 1.54) is 11.8 Å². The van der Waals surface area contributed by atoms with Crippen LogP contribution >= 0.6 is 11.8 Å². The van der Waals surface area contributed by atoms with Gasteiger partial charge in [-0.3, -0.25) is 4.79 Å². The minimum absolute atomic E-state index is 0.180. The lowest BCUT2D eigenvalue weighted by Gasteiger charge is -2.14. The van der Waals surface area contributed by atoms with Gasteiger partial charge in [-0.25, -0.2) is 0 Å². The average Bonchev–Trinajstić information content (AvgIpc) is 2.77. The van der Waals surface area contributed by atoms with Gasteiger partial charge < -0.3 is 15.0 Å². The van der Waals surface area contributed by atoms with Crippen LogP contribution in [0.4, 0.5) is 0 Å². The number of aryl methyl sites for hydroxylation is 1. The van der Waals surface area contributed by atoms with Crippen molar-refractivity contribution in [3.05, 3.63) is 35.7 Å². The van der Waals surface area contributed by atoms with E-state index in [-0.39, 0.29) is 17.8 Å². The molecule has 1 amide bonds. The molecule has 0 bridgehead atoms. The van der Waals surface area contributed by atoms with Crippen molar-refractivity contribution >= 4 is 17.7 Å². The molecule has 0 aliphatic carbocycles. The Morgan fingerprint density at radius 1 is 1.48 bits per heavy atom. The molecule has 7 heteroatoms. The fraction of sp³-hybridized carbons (Fsp3) is 0.357. The van der Waals surface area contributed by atoms with Gasteiger partial charge in [0.25, 0.3) is 0 Å². The fourth-order valence-corrected chi connectivity index (χ4v) is 2.54. The number of aromatic nitrogens is 3. The molecule has 0 fully saturated rings. The summed E-state index contributed by atoms with van der Waals surface area (Å²) >= 11 is 1.26. The molecule has 0 spiro atoms. The molecular weight excluding hydrogens is 288 g/mol. The molecule has 1 atom stereocenters. The highest BCUT2D eigenvalue weighted by Gasteiger charge is 2.17. The molecule has 2 rings (SSSR count). The van der Waals surface area contributed by atoms with E-state index in [9.17, 15) is 4.79 Å². The highest BCUT2D eigenvalue weighted by Crippen LogP contribution is 2.23. The summed E-state index contributed by atoms with van der Waals surface area (Å²) in [6.07, 6.45) is -0.243. The first-order valence-corrected chi connectivity index (χ1v) is 7.49. The normalized spacial score (nSPS) is 12.1. The average molecular weight is 306 g/mol. The lowest BCUT2D eigenvalue weighted by Crippen LogP contribution is -2.14. The molecule has 1 aromatic heterocycles. The van der Waals surface area contributed by atoms with Crippen LogP contribution in [0.2, 0.25) is 0 Å². The van der Waals surface area contributed by atoms with Crippen molar-refractivity contribution in [2.24, 2.45) is 12.8 Å². The van der Waals surface area contributed by atoms with Crippen LogP contribution in [0.5, 0.6) is 5.75 Å². The van der Waals surface area contributed by atoms with Crippen LogP contribution in [0.3, 0.4) is 0 Å². The van der Waals surface area contributed by atoms with Gasteiger partial charge in [0.1, 0.15) is 5.75 Å². The zero-order valence-corrected chi connectivity index (χ0v) is 13.1. The first-order chi connectivity index (χ1) is 9.97. The van der Waals surface area contributed by atoms with Crippen LogP contribution in [0, 0.1) is 6.92 Å². The summed E-state index contributed by atoms with van der Waals surface area (Å²) < 4.78 is 7.69. The van der Waals surface area contributed by atoms with Gasteiger partial charge >= 0.3 is 0 Å². The number of hydrogen-bond donors (Lipinski definition) is 1. The topological polar surface area (TPSA) is 83.0 Å². The summed E-state index contributed by atoms with van der Waals surface area (Å²) in [5.74, 6) is 1.29. The SMILES string of the molecule is Cc1cccc(OC(C)c2nnc(SCC(N)=O)n2C)c1. The molecule has 0 aliphatic heterocycles. The third-order valence-electron chi connectivity index (χ3n) is 2.88. The number of ether oxygens (including phenoxy) is 1. The quantitative estimate of drug-likeness (QED) is 0.823. The Labute approximate surface area is 127 Å². The van der Waals surface area contributed by atoms with Crippen molar-refractivity contribution in [3.63, 3.8) is 0 Å². The van der Waals surface area contributed by atoms with E-state index in [1.54, 1.807) is 0 Å². The maximum atomic E-state index is 10.8. The van der Waals surface area contributed by atoms with Gasteiger partial charge in [0, 0.05) is 7.05 Å². The molecule has 112 valence electrons. The van der Waals surface area contributed by atoms with Crippen LogP contribution in [0.1, 0.15) is 24.4 Å². The molecule has 2 N–H and O–H groups in total. The molecule has 0 aliphatic rings. The van der Waals surface area contributed by atoms with Gasteiger partial charge in [-0.05, 0) is 31.5 Å². The number of rotatable bonds is 6. The van der Waals surface area contributed by atoms with Crippen molar-refractivity contribution in [2.75, 3.05) is 5.75 Å². The van der Waals surface area contributed by atoms with Crippen molar-refractivity contribution in [3.8, 4) is 5.75 Å². The van der Waals surface area contributed by atoms with Crippen molar-refractivity contribution in [2.45, 2.75) is 25.1 Å². The Morgan fingerprint density at radius 3 is 2.90 bits per heavy atom. The van der Waals surface area contributed by atoms with Crippen molar-refractivity contribution < 1.29 is 9.53 Å². The lowest BCUT2D eigenvalue weighted by molar-refractivity contribution is -0.115. The lowest BCUT2D eigenvalue weighted by atomic mass is 10.2. The van der Waals surface area contributed by atoms with E-state index < -0.39 is 0 Å². The molecule has 1 heterocycles. The molecule has 2 aromatic rings. The van der Waals surface area contributed by atoms with Crippen molar-refractivity contribution in [1.29, 1.82) is 0 Å². The summed E-state index contributed by atoms with van der Waals surface area (Å²) in [5, 5.41) is 8.83. The number of benzene rings is 1. The van der Waals surface area contributed by atoms with Gasteiger partial charge in [0.05, 0.1) is 5.75 Å². The molecule has 0 radical (unpaired) electrons. The molecular formula is C14H18N4O2S. The summed E-state index contributed by atoms with van der Waals surface area (Å²) in [5.41, 5.74) is 6.27. The summed E-state index contributed by atoms with van der Waals surface area (Å²) in [6.45, 7) is 3.92. The minimum atomic E-state index is -0.381. The number of amides is 1. The van der Waals surface area contributed by atoms with Gasteiger partial charge in [-0.1, -0.05) is 23.9 Å². The van der Waals surface area contributed by atoms with E-state index >= 15 is 0 Å². The van der Waals surface area contributed by atoms with Crippen LogP contribution in [-0.2, 0) is 11.8 Å². The maximum absolute atomic E-state index is 10.8. The Kier molecular flexibility index (Phi) is 4.85.